The van der Waals surface area contributed by atoms with Crippen LogP contribution in [0, 0.1) is 6.92 Å². The predicted molar refractivity (Wildman–Crippen MR) is 90.8 cm³/mol. The Bertz CT molecular complexity index is 1090. The standard InChI is InChI=1S/C18H16N4O2/c1-12-7-3-4-8-13(12)17-19-16(24-20-17)11-22-15-10-6-5-9-14(15)21(2)18(22)23/h3-10H,11H2,1-2H3. The Balaban J connectivity index is 1.74. The molecule has 2 aromatic carbocycles. The molecule has 0 unspecified atom stereocenters. The van der Waals surface area contributed by atoms with Crippen LogP contribution in [0.1, 0.15) is 11.5 Å². The molecule has 0 radical (unpaired) electrons. The summed E-state index contributed by atoms with van der Waals surface area (Å²) in [7, 11) is 1.76. The van der Waals surface area contributed by atoms with Gasteiger partial charge in [0.1, 0.15) is 6.54 Å². The summed E-state index contributed by atoms with van der Waals surface area (Å²) in [5, 5.41) is 4.05. The third kappa shape index (κ3) is 2.23. The molecule has 0 aliphatic carbocycles. The second-order valence-electron chi connectivity index (χ2n) is 5.74. The smallest absolute Gasteiger partial charge is 0.329 e. The number of hydrogen-bond acceptors (Lipinski definition) is 4. The first kappa shape index (κ1) is 14.4. The number of benzene rings is 2. The van der Waals surface area contributed by atoms with Crippen molar-refractivity contribution in [1.29, 1.82) is 0 Å². The first-order valence-corrected chi connectivity index (χ1v) is 7.68. The SMILES string of the molecule is Cc1ccccc1-c1noc(Cn2c(=O)n(C)c3ccccc32)n1. The van der Waals surface area contributed by atoms with Crippen molar-refractivity contribution in [2.45, 2.75) is 13.5 Å². The normalized spacial score (nSPS) is 11.2. The van der Waals surface area contributed by atoms with E-state index in [0.29, 0.717) is 11.7 Å². The number of hydrogen-bond donors (Lipinski definition) is 0. The van der Waals surface area contributed by atoms with Gasteiger partial charge in [-0.2, -0.15) is 4.98 Å². The van der Waals surface area contributed by atoms with Crippen LogP contribution in [-0.4, -0.2) is 19.3 Å². The molecule has 0 N–H and O–H groups in total. The Morgan fingerprint density at radius 2 is 1.75 bits per heavy atom. The molecule has 6 heteroatoms. The van der Waals surface area contributed by atoms with Crippen LogP contribution in [0.25, 0.3) is 22.4 Å². The lowest BCUT2D eigenvalue weighted by molar-refractivity contribution is 0.371. The Labute approximate surface area is 138 Å². The minimum atomic E-state index is -0.105. The third-order valence-electron chi connectivity index (χ3n) is 4.20. The van der Waals surface area contributed by atoms with Crippen molar-refractivity contribution >= 4 is 11.0 Å². The zero-order valence-corrected chi connectivity index (χ0v) is 13.4. The van der Waals surface area contributed by atoms with Gasteiger partial charge in [-0.05, 0) is 24.6 Å². The Morgan fingerprint density at radius 1 is 1.04 bits per heavy atom. The van der Waals surface area contributed by atoms with Crippen molar-refractivity contribution in [1.82, 2.24) is 19.3 Å². The van der Waals surface area contributed by atoms with Crippen LogP contribution in [0.15, 0.2) is 57.8 Å². The van der Waals surface area contributed by atoms with Crippen LogP contribution < -0.4 is 5.69 Å². The van der Waals surface area contributed by atoms with E-state index in [1.54, 1.807) is 16.2 Å². The molecule has 2 heterocycles. The van der Waals surface area contributed by atoms with E-state index < -0.39 is 0 Å². The maximum Gasteiger partial charge on any atom is 0.329 e. The predicted octanol–water partition coefficient (Wildman–Crippen LogP) is 2.75. The highest BCUT2D eigenvalue weighted by Crippen LogP contribution is 2.20. The quantitative estimate of drug-likeness (QED) is 0.582. The average Bonchev–Trinajstić information content (AvgIpc) is 3.15. The van der Waals surface area contributed by atoms with Gasteiger partial charge in [-0.15, -0.1) is 0 Å². The molecular weight excluding hydrogens is 304 g/mol. The number of aromatic nitrogens is 4. The lowest BCUT2D eigenvalue weighted by Gasteiger charge is -1.99. The van der Waals surface area contributed by atoms with E-state index in [4.69, 9.17) is 4.52 Å². The van der Waals surface area contributed by atoms with Crippen LogP contribution in [0.3, 0.4) is 0 Å². The molecule has 0 saturated heterocycles. The summed E-state index contributed by atoms with van der Waals surface area (Å²) in [5.41, 5.74) is 3.62. The number of para-hydroxylation sites is 2. The zero-order valence-electron chi connectivity index (χ0n) is 13.4. The van der Waals surface area contributed by atoms with Gasteiger partial charge in [0, 0.05) is 12.6 Å². The molecule has 0 fully saturated rings. The first-order valence-electron chi connectivity index (χ1n) is 7.68. The minimum absolute atomic E-state index is 0.105. The van der Waals surface area contributed by atoms with E-state index in [2.05, 4.69) is 10.1 Å². The molecule has 24 heavy (non-hydrogen) atoms. The van der Waals surface area contributed by atoms with Gasteiger partial charge in [0.05, 0.1) is 11.0 Å². The Morgan fingerprint density at radius 3 is 2.54 bits per heavy atom. The number of rotatable bonds is 3. The van der Waals surface area contributed by atoms with E-state index >= 15 is 0 Å². The van der Waals surface area contributed by atoms with Crippen molar-refractivity contribution in [2.75, 3.05) is 0 Å². The van der Waals surface area contributed by atoms with E-state index in [9.17, 15) is 4.79 Å². The van der Waals surface area contributed by atoms with Crippen LogP contribution in [0.5, 0.6) is 0 Å². The van der Waals surface area contributed by atoms with Crippen LogP contribution in [-0.2, 0) is 13.6 Å². The van der Waals surface area contributed by atoms with Gasteiger partial charge in [0.25, 0.3) is 0 Å². The van der Waals surface area contributed by atoms with Crippen molar-refractivity contribution in [2.24, 2.45) is 7.05 Å². The van der Waals surface area contributed by atoms with Crippen molar-refractivity contribution in [3.8, 4) is 11.4 Å². The maximum atomic E-state index is 12.5. The summed E-state index contributed by atoms with van der Waals surface area (Å²) in [6.07, 6.45) is 0. The summed E-state index contributed by atoms with van der Waals surface area (Å²) in [6, 6.07) is 15.5. The Kier molecular flexibility index (Phi) is 3.30. The summed E-state index contributed by atoms with van der Waals surface area (Å²) < 4.78 is 8.62. The van der Waals surface area contributed by atoms with Gasteiger partial charge in [-0.1, -0.05) is 41.6 Å². The van der Waals surface area contributed by atoms with Gasteiger partial charge in [0.15, 0.2) is 0 Å². The lowest BCUT2D eigenvalue weighted by Crippen LogP contribution is -2.22. The molecular formula is C18H16N4O2. The molecule has 0 aliphatic rings. The third-order valence-corrected chi connectivity index (χ3v) is 4.20. The molecule has 4 rings (SSSR count). The van der Waals surface area contributed by atoms with Crippen molar-refractivity contribution in [3.63, 3.8) is 0 Å². The van der Waals surface area contributed by atoms with E-state index in [-0.39, 0.29) is 12.2 Å². The largest absolute Gasteiger partial charge is 0.337 e. The fourth-order valence-electron chi connectivity index (χ4n) is 2.90. The van der Waals surface area contributed by atoms with Crippen LogP contribution in [0.2, 0.25) is 0 Å². The van der Waals surface area contributed by atoms with Gasteiger partial charge >= 0.3 is 5.69 Å². The first-order chi connectivity index (χ1) is 11.6. The molecule has 6 nitrogen and oxygen atoms in total. The Hall–Kier alpha value is -3.15. The fraction of sp³-hybridized carbons (Fsp3) is 0.167. The lowest BCUT2D eigenvalue weighted by atomic mass is 10.1. The van der Waals surface area contributed by atoms with E-state index in [1.165, 1.54) is 0 Å². The summed E-state index contributed by atoms with van der Waals surface area (Å²) in [5.74, 6) is 0.947. The molecule has 0 saturated carbocycles. The molecule has 0 amide bonds. The number of nitrogens with zero attached hydrogens (tertiary/aromatic N) is 4. The topological polar surface area (TPSA) is 65.8 Å². The van der Waals surface area contributed by atoms with E-state index in [1.807, 2.05) is 55.5 Å². The van der Waals surface area contributed by atoms with Crippen LogP contribution >= 0.6 is 0 Å². The van der Waals surface area contributed by atoms with E-state index in [0.717, 1.165) is 22.2 Å². The second-order valence-corrected chi connectivity index (χ2v) is 5.74. The summed E-state index contributed by atoms with van der Waals surface area (Å²) in [6.45, 7) is 2.25. The molecule has 0 atom stereocenters. The van der Waals surface area contributed by atoms with Crippen LogP contribution in [0.4, 0.5) is 0 Å². The van der Waals surface area contributed by atoms with Gasteiger partial charge < -0.3 is 4.52 Å². The van der Waals surface area contributed by atoms with Crippen molar-refractivity contribution in [3.05, 3.63) is 70.5 Å². The van der Waals surface area contributed by atoms with Gasteiger partial charge in [-0.25, -0.2) is 4.79 Å². The average molecular weight is 320 g/mol. The molecule has 0 spiro atoms. The number of imidazole rings is 1. The number of fused-ring (bicyclic) bond motifs is 1. The fourth-order valence-corrected chi connectivity index (χ4v) is 2.90. The number of aryl methyl sites for hydroxylation is 2. The molecule has 120 valence electrons. The second kappa shape index (κ2) is 5.49. The molecule has 0 aliphatic heterocycles. The van der Waals surface area contributed by atoms with Crippen molar-refractivity contribution < 1.29 is 4.52 Å². The molecule has 4 aromatic rings. The molecule has 2 aromatic heterocycles. The molecule has 0 bridgehead atoms. The highest BCUT2D eigenvalue weighted by molar-refractivity contribution is 5.75. The minimum Gasteiger partial charge on any atom is -0.337 e. The highest BCUT2D eigenvalue weighted by Gasteiger charge is 2.15. The summed E-state index contributed by atoms with van der Waals surface area (Å²) >= 11 is 0. The monoisotopic (exact) mass is 320 g/mol. The summed E-state index contributed by atoms with van der Waals surface area (Å²) in [4.78, 5) is 16.9. The highest BCUT2D eigenvalue weighted by atomic mass is 16.5. The van der Waals surface area contributed by atoms with Gasteiger partial charge in [0.2, 0.25) is 11.7 Å². The van der Waals surface area contributed by atoms with Gasteiger partial charge in [-0.3, -0.25) is 9.13 Å². The maximum absolute atomic E-state index is 12.5. The zero-order chi connectivity index (χ0) is 16.7.